The molecule has 0 unspecified atom stereocenters. The van der Waals surface area contributed by atoms with Gasteiger partial charge in [-0.15, -0.1) is 0 Å². The molecule has 0 aromatic heterocycles. The SMILES string of the molecule is O=C(CN1C(=O)CCCc2cc(S(=O)(=O)N3CCCCCC3)ccc21)N1CCc2ccccc2C1. The zero-order chi connectivity index (χ0) is 24.4. The first-order chi connectivity index (χ1) is 16.9. The normalized spacial score (nSPS) is 19.5. The fourth-order valence-electron chi connectivity index (χ4n) is 5.43. The third-order valence-electron chi connectivity index (χ3n) is 7.46. The van der Waals surface area contributed by atoms with Gasteiger partial charge in [0.15, 0.2) is 0 Å². The van der Waals surface area contributed by atoms with Crippen LogP contribution in [-0.2, 0) is 39.0 Å². The minimum absolute atomic E-state index is 0.0216. The van der Waals surface area contributed by atoms with Crippen LogP contribution in [0.15, 0.2) is 47.4 Å². The van der Waals surface area contributed by atoms with E-state index in [0.29, 0.717) is 51.1 Å². The minimum Gasteiger partial charge on any atom is -0.336 e. The van der Waals surface area contributed by atoms with Crippen molar-refractivity contribution in [3.05, 3.63) is 59.2 Å². The van der Waals surface area contributed by atoms with Crippen LogP contribution in [0.3, 0.4) is 0 Å². The number of anilines is 1. The third kappa shape index (κ3) is 5.00. The van der Waals surface area contributed by atoms with E-state index in [2.05, 4.69) is 6.07 Å². The number of carbonyl (C=O) groups excluding carboxylic acids is 2. The molecule has 3 aliphatic rings. The van der Waals surface area contributed by atoms with Gasteiger partial charge in [-0.2, -0.15) is 4.31 Å². The van der Waals surface area contributed by atoms with E-state index in [1.807, 2.05) is 23.1 Å². The van der Waals surface area contributed by atoms with Crippen LogP contribution in [0.2, 0.25) is 0 Å². The Hall–Kier alpha value is -2.71. The molecule has 2 aromatic rings. The molecule has 35 heavy (non-hydrogen) atoms. The summed E-state index contributed by atoms with van der Waals surface area (Å²) in [6.07, 6.45) is 6.30. The summed E-state index contributed by atoms with van der Waals surface area (Å²) in [5.41, 5.74) is 3.90. The largest absolute Gasteiger partial charge is 0.336 e. The van der Waals surface area contributed by atoms with E-state index in [1.165, 1.54) is 5.56 Å². The Kier molecular flexibility index (Phi) is 6.93. The number of hydrogen-bond donors (Lipinski definition) is 0. The van der Waals surface area contributed by atoms with Crippen LogP contribution < -0.4 is 4.90 Å². The van der Waals surface area contributed by atoms with Gasteiger partial charge in [0.2, 0.25) is 21.8 Å². The zero-order valence-electron chi connectivity index (χ0n) is 20.1. The van der Waals surface area contributed by atoms with Gasteiger partial charge >= 0.3 is 0 Å². The van der Waals surface area contributed by atoms with Gasteiger partial charge in [-0.1, -0.05) is 37.1 Å². The Balaban J connectivity index is 1.37. The Morgan fingerprint density at radius 1 is 0.800 bits per heavy atom. The van der Waals surface area contributed by atoms with E-state index in [4.69, 9.17) is 0 Å². The van der Waals surface area contributed by atoms with E-state index in [0.717, 1.165) is 43.2 Å². The predicted octanol–water partition coefficient (Wildman–Crippen LogP) is 3.51. The summed E-state index contributed by atoms with van der Waals surface area (Å²) in [5.74, 6) is -0.167. The number of hydrogen-bond acceptors (Lipinski definition) is 4. The van der Waals surface area contributed by atoms with Crippen molar-refractivity contribution < 1.29 is 18.0 Å². The van der Waals surface area contributed by atoms with Gasteiger partial charge in [-0.25, -0.2) is 8.42 Å². The van der Waals surface area contributed by atoms with Crippen molar-refractivity contribution in [1.82, 2.24) is 9.21 Å². The first-order valence-corrected chi connectivity index (χ1v) is 14.2. The highest BCUT2D eigenvalue weighted by Crippen LogP contribution is 2.31. The molecule has 3 heterocycles. The fourth-order valence-corrected chi connectivity index (χ4v) is 7.00. The summed E-state index contributed by atoms with van der Waals surface area (Å²) in [4.78, 5) is 29.9. The quantitative estimate of drug-likeness (QED) is 0.650. The molecule has 0 bridgehead atoms. The van der Waals surface area contributed by atoms with Crippen molar-refractivity contribution in [2.75, 3.05) is 31.1 Å². The van der Waals surface area contributed by atoms with Crippen LogP contribution in [0.1, 0.15) is 55.2 Å². The summed E-state index contributed by atoms with van der Waals surface area (Å²) < 4.78 is 28.3. The number of nitrogens with zero attached hydrogens (tertiary/aromatic N) is 3. The van der Waals surface area contributed by atoms with Gasteiger partial charge in [0.25, 0.3) is 0 Å². The van der Waals surface area contributed by atoms with E-state index < -0.39 is 10.0 Å². The van der Waals surface area contributed by atoms with Crippen molar-refractivity contribution >= 4 is 27.5 Å². The average Bonchev–Trinajstić information content (AvgIpc) is 3.24. The van der Waals surface area contributed by atoms with Crippen molar-refractivity contribution in [3.8, 4) is 0 Å². The predicted molar refractivity (Wildman–Crippen MR) is 135 cm³/mol. The molecule has 5 rings (SSSR count). The van der Waals surface area contributed by atoms with Gasteiger partial charge < -0.3 is 9.80 Å². The molecule has 0 saturated carbocycles. The maximum atomic E-state index is 13.3. The van der Waals surface area contributed by atoms with Crippen LogP contribution in [0.5, 0.6) is 0 Å². The lowest BCUT2D eigenvalue weighted by Gasteiger charge is -2.31. The number of aryl methyl sites for hydroxylation is 1. The Bertz CT molecular complexity index is 1220. The Morgan fingerprint density at radius 2 is 1.54 bits per heavy atom. The molecule has 2 aromatic carbocycles. The third-order valence-corrected chi connectivity index (χ3v) is 9.35. The molecule has 0 radical (unpaired) electrons. The Morgan fingerprint density at radius 3 is 2.31 bits per heavy atom. The second kappa shape index (κ2) is 10.1. The summed E-state index contributed by atoms with van der Waals surface area (Å²) in [7, 11) is -3.58. The maximum Gasteiger partial charge on any atom is 0.243 e. The monoisotopic (exact) mass is 495 g/mol. The number of fused-ring (bicyclic) bond motifs is 2. The minimum atomic E-state index is -3.58. The molecule has 8 heteroatoms. The second-order valence-electron chi connectivity index (χ2n) is 9.78. The highest BCUT2D eigenvalue weighted by molar-refractivity contribution is 7.89. The van der Waals surface area contributed by atoms with Crippen molar-refractivity contribution in [2.24, 2.45) is 0 Å². The molecule has 0 N–H and O–H groups in total. The smallest absolute Gasteiger partial charge is 0.243 e. The van der Waals surface area contributed by atoms with Gasteiger partial charge in [0, 0.05) is 38.3 Å². The number of carbonyl (C=O) groups is 2. The van der Waals surface area contributed by atoms with Crippen LogP contribution in [-0.4, -0.2) is 55.6 Å². The zero-order valence-corrected chi connectivity index (χ0v) is 20.9. The standard InChI is InChI=1S/C27H33N3O4S/c31-26-11-7-10-22-18-24(35(33,34)29-15-5-1-2-6-16-29)12-13-25(22)30(26)20-27(32)28-17-14-21-8-3-4-9-23(21)19-28/h3-4,8-9,12-13,18H,1-2,5-7,10-11,14-17,19-20H2. The molecule has 7 nitrogen and oxygen atoms in total. The summed E-state index contributed by atoms with van der Waals surface area (Å²) in [6.45, 7) is 2.27. The van der Waals surface area contributed by atoms with Crippen molar-refractivity contribution in [3.63, 3.8) is 0 Å². The molecule has 0 spiro atoms. The van der Waals surface area contributed by atoms with Gasteiger partial charge in [0.05, 0.1) is 4.90 Å². The summed E-state index contributed by atoms with van der Waals surface area (Å²) in [6, 6.07) is 13.2. The summed E-state index contributed by atoms with van der Waals surface area (Å²) >= 11 is 0. The molecule has 0 atom stereocenters. The highest BCUT2D eigenvalue weighted by Gasteiger charge is 2.30. The van der Waals surface area contributed by atoms with E-state index in [-0.39, 0.29) is 23.3 Å². The highest BCUT2D eigenvalue weighted by atomic mass is 32.2. The first-order valence-electron chi connectivity index (χ1n) is 12.7. The second-order valence-corrected chi connectivity index (χ2v) is 11.7. The van der Waals surface area contributed by atoms with Crippen LogP contribution in [0.4, 0.5) is 5.69 Å². The Labute approximate surface area is 207 Å². The van der Waals surface area contributed by atoms with E-state index in [9.17, 15) is 18.0 Å². The average molecular weight is 496 g/mol. The van der Waals surface area contributed by atoms with E-state index in [1.54, 1.807) is 27.4 Å². The fraction of sp³-hybridized carbons (Fsp3) is 0.481. The van der Waals surface area contributed by atoms with Gasteiger partial charge in [-0.3, -0.25) is 9.59 Å². The molecule has 186 valence electrons. The van der Waals surface area contributed by atoms with Crippen LogP contribution >= 0.6 is 0 Å². The molecule has 2 amide bonds. The van der Waals surface area contributed by atoms with Crippen molar-refractivity contribution in [2.45, 2.75) is 62.8 Å². The molecule has 3 aliphatic heterocycles. The number of sulfonamides is 1. The molecule has 1 fully saturated rings. The molecular formula is C27H33N3O4S. The van der Waals surface area contributed by atoms with Gasteiger partial charge in [0.1, 0.15) is 6.54 Å². The summed E-state index contributed by atoms with van der Waals surface area (Å²) in [5, 5.41) is 0. The number of amides is 2. The number of rotatable bonds is 4. The van der Waals surface area contributed by atoms with Crippen LogP contribution in [0.25, 0.3) is 0 Å². The van der Waals surface area contributed by atoms with Gasteiger partial charge in [-0.05, 0) is 67.0 Å². The molecule has 0 aliphatic carbocycles. The first kappa shape index (κ1) is 24.0. The topological polar surface area (TPSA) is 78.0 Å². The lowest BCUT2D eigenvalue weighted by molar-refractivity contribution is -0.132. The lowest BCUT2D eigenvalue weighted by Crippen LogP contribution is -2.44. The molecule has 1 saturated heterocycles. The lowest BCUT2D eigenvalue weighted by atomic mass is 10.00. The van der Waals surface area contributed by atoms with Crippen LogP contribution in [0, 0.1) is 0 Å². The maximum absolute atomic E-state index is 13.3. The molecular weight excluding hydrogens is 462 g/mol. The van der Waals surface area contributed by atoms with Crippen molar-refractivity contribution in [1.29, 1.82) is 0 Å². The number of benzene rings is 2. The van der Waals surface area contributed by atoms with E-state index >= 15 is 0 Å².